The first-order valence-electron chi connectivity index (χ1n) is 6.34. The first kappa shape index (κ1) is 13.1. The van der Waals surface area contributed by atoms with Gasteiger partial charge < -0.3 is 16.2 Å². The second kappa shape index (κ2) is 4.58. The molecule has 0 radical (unpaired) electrons. The number of nitrogens with one attached hydrogen (secondary N) is 2. The van der Waals surface area contributed by atoms with E-state index in [4.69, 9.17) is 5.73 Å². The number of carboxylic acid groups (broad SMARTS) is 1. The number of H-pyrrole nitrogens is 1. The Morgan fingerprint density at radius 3 is 2.43 bits per heavy atom. The lowest BCUT2D eigenvalue weighted by atomic mass is 9.96. The summed E-state index contributed by atoms with van der Waals surface area (Å²) >= 11 is 0. The smallest absolute Gasteiger partial charge is 0.314 e. The molecule has 0 bridgehead atoms. The number of aliphatic carboxylic acids is 1. The van der Waals surface area contributed by atoms with Gasteiger partial charge >= 0.3 is 5.97 Å². The molecule has 1 aliphatic rings. The predicted octanol–water partition coefficient (Wildman–Crippen LogP) is 0.755. The third-order valence-corrected chi connectivity index (χ3v) is 3.57. The van der Waals surface area contributed by atoms with E-state index >= 15 is 0 Å². The summed E-state index contributed by atoms with van der Waals surface area (Å²) in [5, 5.41) is 17.8. The van der Waals surface area contributed by atoms with E-state index < -0.39 is 17.3 Å². The zero-order valence-corrected chi connectivity index (χ0v) is 11.0. The first-order chi connectivity index (χ1) is 10.0. The first-order valence-corrected chi connectivity index (χ1v) is 6.34. The summed E-state index contributed by atoms with van der Waals surface area (Å²) in [4.78, 5) is 26.8. The van der Waals surface area contributed by atoms with Crippen molar-refractivity contribution < 1.29 is 14.7 Å². The zero-order chi connectivity index (χ0) is 15.0. The maximum atomic E-state index is 11.8. The highest BCUT2D eigenvalue weighted by molar-refractivity contribution is 6.01. The van der Waals surface area contributed by atoms with E-state index in [1.807, 2.05) is 0 Å². The van der Waals surface area contributed by atoms with Crippen LogP contribution in [0.1, 0.15) is 29.0 Å². The fourth-order valence-corrected chi connectivity index (χ4v) is 2.19. The van der Waals surface area contributed by atoms with Gasteiger partial charge in [0, 0.05) is 5.69 Å². The second-order valence-corrected chi connectivity index (χ2v) is 4.96. The maximum Gasteiger partial charge on any atom is 0.314 e. The Hall–Kier alpha value is -2.90. The molecular formula is C13H13N5O3. The van der Waals surface area contributed by atoms with Gasteiger partial charge in [-0.05, 0) is 30.5 Å². The molecule has 1 saturated carbocycles. The quantitative estimate of drug-likeness (QED) is 0.655. The molecule has 0 atom stereocenters. The fourth-order valence-electron chi connectivity index (χ4n) is 2.19. The number of hydrogen-bond donors (Lipinski definition) is 4. The van der Waals surface area contributed by atoms with Crippen LogP contribution in [0.15, 0.2) is 24.3 Å². The minimum Gasteiger partial charge on any atom is -0.481 e. The number of rotatable bonds is 4. The van der Waals surface area contributed by atoms with Crippen LogP contribution in [0.3, 0.4) is 0 Å². The Balaban J connectivity index is 1.73. The molecule has 2 aromatic rings. The molecule has 8 nitrogen and oxygen atoms in total. The van der Waals surface area contributed by atoms with Crippen molar-refractivity contribution in [3.8, 4) is 0 Å². The van der Waals surface area contributed by atoms with Crippen LogP contribution in [0.2, 0.25) is 0 Å². The molecule has 1 heterocycles. The van der Waals surface area contributed by atoms with Crippen LogP contribution >= 0.6 is 0 Å². The molecule has 1 amide bonds. The Morgan fingerprint density at radius 2 is 1.95 bits per heavy atom. The van der Waals surface area contributed by atoms with E-state index in [9.17, 15) is 14.7 Å². The molecular weight excluding hydrogens is 274 g/mol. The Kier molecular flexibility index (Phi) is 2.86. The van der Waals surface area contributed by atoms with Gasteiger partial charge in [0.25, 0.3) is 5.91 Å². The minimum atomic E-state index is -0.809. The summed E-state index contributed by atoms with van der Waals surface area (Å²) in [6.45, 7) is 0. The van der Waals surface area contributed by atoms with Gasteiger partial charge in [-0.2, -0.15) is 4.98 Å². The normalized spacial score (nSPS) is 15.4. The lowest BCUT2D eigenvalue weighted by Crippen LogP contribution is -2.19. The number of benzene rings is 1. The lowest BCUT2D eigenvalue weighted by molar-refractivity contribution is -0.140. The summed E-state index contributed by atoms with van der Waals surface area (Å²) < 4.78 is 0. The highest BCUT2D eigenvalue weighted by atomic mass is 16.4. The maximum absolute atomic E-state index is 11.8. The summed E-state index contributed by atoms with van der Waals surface area (Å²) in [6, 6.07) is 6.75. The number of carboxylic acids is 1. The highest BCUT2D eigenvalue weighted by Gasteiger charge is 2.51. The van der Waals surface area contributed by atoms with E-state index in [2.05, 4.69) is 20.5 Å². The molecule has 1 aromatic heterocycles. The molecule has 21 heavy (non-hydrogen) atoms. The number of anilines is 2. The third-order valence-electron chi connectivity index (χ3n) is 3.57. The average Bonchev–Trinajstić information content (AvgIpc) is 3.16. The molecule has 3 rings (SSSR count). The number of amides is 1. The molecule has 8 heteroatoms. The molecule has 0 unspecified atom stereocenters. The lowest BCUT2D eigenvalue weighted by Gasteiger charge is -2.11. The molecule has 0 aliphatic heterocycles. The fraction of sp³-hybridized carbons (Fsp3) is 0.231. The Bertz CT molecular complexity index is 703. The van der Waals surface area contributed by atoms with Gasteiger partial charge in [-0.3, -0.25) is 14.7 Å². The van der Waals surface area contributed by atoms with E-state index in [-0.39, 0.29) is 11.8 Å². The second-order valence-electron chi connectivity index (χ2n) is 4.96. The number of aromatic amines is 1. The van der Waals surface area contributed by atoms with Crippen LogP contribution in [-0.2, 0) is 10.2 Å². The number of carbonyl (C=O) groups excluding carboxylic acids is 1. The summed E-state index contributed by atoms with van der Waals surface area (Å²) in [5.41, 5.74) is 5.86. The van der Waals surface area contributed by atoms with Crippen molar-refractivity contribution in [3.05, 3.63) is 35.7 Å². The number of nitrogens with two attached hydrogens (primary N) is 1. The van der Waals surface area contributed by atoms with Gasteiger partial charge in [0.15, 0.2) is 0 Å². The Morgan fingerprint density at radius 1 is 1.29 bits per heavy atom. The van der Waals surface area contributed by atoms with Gasteiger partial charge in [0.1, 0.15) is 0 Å². The van der Waals surface area contributed by atoms with Crippen LogP contribution in [0, 0.1) is 0 Å². The number of nitrogens with zero attached hydrogens (tertiary/aromatic N) is 2. The Labute approximate surface area is 119 Å². The standard InChI is InChI=1S/C13H13N5O3/c14-12-16-9(17-18-12)10(19)15-8-3-1-7(2-4-8)13(5-6-13)11(20)21/h1-4H,5-6H2,(H,15,19)(H,20,21)(H3,14,16,17,18). The van der Waals surface area contributed by atoms with Crippen molar-refractivity contribution >= 4 is 23.5 Å². The number of aromatic nitrogens is 3. The monoisotopic (exact) mass is 287 g/mol. The highest BCUT2D eigenvalue weighted by Crippen LogP contribution is 2.48. The van der Waals surface area contributed by atoms with Gasteiger partial charge in [0.05, 0.1) is 5.41 Å². The molecule has 108 valence electrons. The number of carbonyl (C=O) groups is 2. The predicted molar refractivity (Wildman–Crippen MR) is 73.7 cm³/mol. The number of hydrogen-bond acceptors (Lipinski definition) is 5. The average molecular weight is 287 g/mol. The van der Waals surface area contributed by atoms with E-state index in [1.54, 1.807) is 24.3 Å². The molecule has 1 aromatic carbocycles. The number of nitrogen functional groups attached to an aromatic ring is 1. The van der Waals surface area contributed by atoms with E-state index in [1.165, 1.54) is 0 Å². The largest absolute Gasteiger partial charge is 0.481 e. The molecule has 5 N–H and O–H groups in total. The van der Waals surface area contributed by atoms with Crippen molar-refractivity contribution in [2.24, 2.45) is 0 Å². The van der Waals surface area contributed by atoms with Crippen LogP contribution in [0.25, 0.3) is 0 Å². The van der Waals surface area contributed by atoms with Gasteiger partial charge in [-0.1, -0.05) is 12.1 Å². The van der Waals surface area contributed by atoms with Crippen molar-refractivity contribution in [2.45, 2.75) is 18.3 Å². The molecule has 1 fully saturated rings. The van der Waals surface area contributed by atoms with Crippen LogP contribution in [0.4, 0.5) is 11.6 Å². The topological polar surface area (TPSA) is 134 Å². The summed E-state index contributed by atoms with van der Waals surface area (Å²) in [7, 11) is 0. The summed E-state index contributed by atoms with van der Waals surface area (Å²) in [5.74, 6) is -1.27. The van der Waals surface area contributed by atoms with Gasteiger partial charge in [-0.15, -0.1) is 5.10 Å². The van der Waals surface area contributed by atoms with E-state index in [0.717, 1.165) is 5.56 Å². The van der Waals surface area contributed by atoms with Gasteiger partial charge in [-0.25, -0.2) is 0 Å². The van der Waals surface area contributed by atoms with Gasteiger partial charge in [0.2, 0.25) is 11.8 Å². The van der Waals surface area contributed by atoms with Crippen LogP contribution in [0.5, 0.6) is 0 Å². The van der Waals surface area contributed by atoms with Crippen molar-refractivity contribution in [1.82, 2.24) is 15.2 Å². The van der Waals surface area contributed by atoms with Crippen LogP contribution < -0.4 is 11.1 Å². The van der Waals surface area contributed by atoms with Crippen molar-refractivity contribution in [1.29, 1.82) is 0 Å². The summed E-state index contributed by atoms with van der Waals surface area (Å²) in [6.07, 6.45) is 1.29. The van der Waals surface area contributed by atoms with Crippen LogP contribution in [-0.4, -0.2) is 32.2 Å². The minimum absolute atomic E-state index is 0.00682. The SMILES string of the molecule is Nc1n[nH]c(C(=O)Nc2ccc(C3(C(=O)O)CC3)cc2)n1. The molecule has 1 aliphatic carbocycles. The molecule has 0 spiro atoms. The van der Waals surface area contributed by atoms with Crippen molar-refractivity contribution in [2.75, 3.05) is 11.1 Å². The molecule has 0 saturated heterocycles. The van der Waals surface area contributed by atoms with Crippen molar-refractivity contribution in [3.63, 3.8) is 0 Å². The third kappa shape index (κ3) is 2.31. The zero-order valence-electron chi connectivity index (χ0n) is 11.0. The van der Waals surface area contributed by atoms with E-state index in [0.29, 0.717) is 18.5 Å².